The van der Waals surface area contributed by atoms with Gasteiger partial charge in [-0.15, -0.1) is 11.8 Å². The molecular formula is C35H36N2O6S. The van der Waals surface area contributed by atoms with E-state index < -0.39 is 12.3 Å². The molecule has 44 heavy (non-hydrogen) atoms. The number of amides is 2. The molecule has 0 saturated carbocycles. The Labute approximate surface area is 261 Å². The molecule has 1 saturated heterocycles. The van der Waals surface area contributed by atoms with E-state index in [1.54, 1.807) is 12.1 Å². The van der Waals surface area contributed by atoms with Gasteiger partial charge in [0.25, 0.3) is 0 Å². The number of nitrogens with one attached hydrogen (secondary N) is 2. The molecule has 1 aliphatic heterocycles. The number of aliphatic hydroxyl groups is 1. The standard InChI is InChI=1S/C35H36N2O6S/c1-2-36-35(41)37-20-27-7-3-4-8-29(27)24-15-17-26(18-16-24)34-42-28(22-44-32-10-6-5-9-30(32)33(39)40)19-31(43-34)25-13-11-23(21-38)12-14-25/h3-18,28,31,34,38H,2,19-22H2,1H3,(H,39,40)(H2,36,37,41)/t28-,31+,34+/m1/s1. The van der Waals surface area contributed by atoms with Crippen molar-refractivity contribution in [1.82, 2.24) is 10.6 Å². The highest BCUT2D eigenvalue weighted by Crippen LogP contribution is 2.40. The van der Waals surface area contributed by atoms with Crippen molar-refractivity contribution in [2.45, 2.75) is 49.9 Å². The SMILES string of the molecule is CCNC(=O)NCc1ccccc1-c1ccc([C@H]2O[C@@H](CSc3ccccc3C(=O)O)C[C@@H](c3ccc(CO)cc3)O2)cc1. The van der Waals surface area contributed by atoms with Gasteiger partial charge in [0, 0.05) is 35.7 Å². The number of carbonyl (C=O) groups excluding carboxylic acids is 1. The average Bonchev–Trinajstić information content (AvgIpc) is 3.07. The van der Waals surface area contributed by atoms with Crippen LogP contribution in [0.25, 0.3) is 11.1 Å². The number of rotatable bonds is 11. The number of benzene rings is 4. The maximum Gasteiger partial charge on any atom is 0.336 e. The third kappa shape index (κ3) is 7.86. The second-order valence-electron chi connectivity index (χ2n) is 10.5. The number of thioether (sulfide) groups is 1. The number of carboxylic acid groups (broad SMARTS) is 1. The summed E-state index contributed by atoms with van der Waals surface area (Å²) in [7, 11) is 0. The Balaban J connectivity index is 1.35. The zero-order chi connectivity index (χ0) is 30.9. The number of hydrogen-bond donors (Lipinski definition) is 4. The first-order valence-corrected chi connectivity index (χ1v) is 15.6. The minimum atomic E-state index is -0.956. The molecule has 0 bridgehead atoms. The van der Waals surface area contributed by atoms with Crippen LogP contribution in [0.1, 0.15) is 58.4 Å². The molecule has 0 aliphatic carbocycles. The number of ether oxygens (including phenoxy) is 2. The van der Waals surface area contributed by atoms with Gasteiger partial charge in [-0.3, -0.25) is 0 Å². The second kappa shape index (κ2) is 15.0. The summed E-state index contributed by atoms with van der Waals surface area (Å²) in [4.78, 5) is 24.4. The van der Waals surface area contributed by atoms with Gasteiger partial charge in [0.1, 0.15) is 0 Å². The van der Waals surface area contributed by atoms with Crippen LogP contribution in [0.15, 0.2) is 102 Å². The fourth-order valence-electron chi connectivity index (χ4n) is 5.15. The van der Waals surface area contributed by atoms with Crippen molar-refractivity contribution >= 4 is 23.8 Å². The molecule has 0 aromatic heterocycles. The summed E-state index contributed by atoms with van der Waals surface area (Å²) in [6.45, 7) is 2.81. The Morgan fingerprint density at radius 1 is 0.864 bits per heavy atom. The lowest BCUT2D eigenvalue weighted by Gasteiger charge is -2.36. The smallest absolute Gasteiger partial charge is 0.336 e. The summed E-state index contributed by atoms with van der Waals surface area (Å²) in [5, 5.41) is 24.8. The summed E-state index contributed by atoms with van der Waals surface area (Å²) in [6.07, 6.45) is -0.483. The Kier molecular flexibility index (Phi) is 10.7. The first kappa shape index (κ1) is 31.3. The number of hydrogen-bond acceptors (Lipinski definition) is 6. The number of carbonyl (C=O) groups is 2. The van der Waals surface area contributed by atoms with Gasteiger partial charge in [-0.25, -0.2) is 9.59 Å². The quantitative estimate of drug-likeness (QED) is 0.139. The lowest BCUT2D eigenvalue weighted by Crippen LogP contribution is -2.34. The van der Waals surface area contributed by atoms with Gasteiger partial charge in [0.2, 0.25) is 0 Å². The summed E-state index contributed by atoms with van der Waals surface area (Å²) in [6, 6.07) is 30.5. The molecule has 0 spiro atoms. The Bertz CT molecular complexity index is 1560. The molecule has 4 N–H and O–H groups in total. The van der Waals surface area contributed by atoms with Crippen LogP contribution in [0.2, 0.25) is 0 Å². The predicted octanol–water partition coefficient (Wildman–Crippen LogP) is 6.70. The van der Waals surface area contributed by atoms with Crippen molar-refractivity contribution in [3.8, 4) is 11.1 Å². The highest BCUT2D eigenvalue weighted by Gasteiger charge is 2.32. The maximum absolute atomic E-state index is 12.0. The van der Waals surface area contributed by atoms with Gasteiger partial charge in [0.05, 0.1) is 24.4 Å². The highest BCUT2D eigenvalue weighted by molar-refractivity contribution is 7.99. The van der Waals surface area contributed by atoms with Gasteiger partial charge < -0.3 is 30.3 Å². The number of carboxylic acids is 1. The van der Waals surface area contributed by atoms with Gasteiger partial charge >= 0.3 is 12.0 Å². The van der Waals surface area contributed by atoms with Crippen LogP contribution in [0.5, 0.6) is 0 Å². The lowest BCUT2D eigenvalue weighted by molar-refractivity contribution is -0.245. The molecule has 5 rings (SSSR count). The minimum absolute atomic E-state index is 0.0305. The number of aliphatic hydroxyl groups excluding tert-OH is 1. The van der Waals surface area contributed by atoms with Crippen LogP contribution in [-0.4, -0.2) is 40.6 Å². The molecular weight excluding hydrogens is 576 g/mol. The van der Waals surface area contributed by atoms with Gasteiger partial charge in [0.15, 0.2) is 6.29 Å². The zero-order valence-corrected chi connectivity index (χ0v) is 25.3. The molecule has 8 nitrogen and oxygen atoms in total. The van der Waals surface area contributed by atoms with Crippen molar-refractivity contribution in [3.05, 3.63) is 125 Å². The van der Waals surface area contributed by atoms with Crippen molar-refractivity contribution in [1.29, 1.82) is 0 Å². The highest BCUT2D eigenvalue weighted by atomic mass is 32.2. The largest absolute Gasteiger partial charge is 0.478 e. The van der Waals surface area contributed by atoms with Crippen LogP contribution in [0, 0.1) is 0 Å². The summed E-state index contributed by atoms with van der Waals surface area (Å²) in [5.41, 5.74) is 5.98. The van der Waals surface area contributed by atoms with E-state index in [4.69, 9.17) is 9.47 Å². The number of urea groups is 1. The Morgan fingerprint density at radius 3 is 2.30 bits per heavy atom. The third-order valence-electron chi connectivity index (χ3n) is 7.45. The normalized spacial score (nSPS) is 18.0. The van der Waals surface area contributed by atoms with E-state index in [9.17, 15) is 19.8 Å². The molecule has 1 aliphatic rings. The Morgan fingerprint density at radius 2 is 1.57 bits per heavy atom. The van der Waals surface area contributed by atoms with Crippen LogP contribution in [-0.2, 0) is 22.6 Å². The summed E-state index contributed by atoms with van der Waals surface area (Å²) < 4.78 is 13.0. The summed E-state index contributed by atoms with van der Waals surface area (Å²) in [5.74, 6) is -0.401. The molecule has 1 heterocycles. The van der Waals surface area contributed by atoms with Crippen LogP contribution < -0.4 is 10.6 Å². The zero-order valence-electron chi connectivity index (χ0n) is 24.4. The average molecular weight is 613 g/mol. The first-order valence-electron chi connectivity index (χ1n) is 14.6. The minimum Gasteiger partial charge on any atom is -0.478 e. The van der Waals surface area contributed by atoms with E-state index in [0.717, 1.165) is 33.4 Å². The van der Waals surface area contributed by atoms with Gasteiger partial charge in [-0.05, 0) is 46.9 Å². The van der Waals surface area contributed by atoms with E-state index >= 15 is 0 Å². The van der Waals surface area contributed by atoms with Crippen molar-refractivity contribution < 1.29 is 29.3 Å². The van der Waals surface area contributed by atoms with Crippen LogP contribution >= 0.6 is 11.8 Å². The topological polar surface area (TPSA) is 117 Å². The van der Waals surface area contributed by atoms with Crippen LogP contribution in [0.4, 0.5) is 4.79 Å². The lowest BCUT2D eigenvalue weighted by atomic mass is 9.98. The molecule has 3 atom stereocenters. The first-order chi connectivity index (χ1) is 21.4. The van der Waals surface area contributed by atoms with E-state index in [1.165, 1.54) is 11.8 Å². The van der Waals surface area contributed by atoms with E-state index in [-0.39, 0.29) is 30.4 Å². The van der Waals surface area contributed by atoms with Gasteiger partial charge in [-0.2, -0.15) is 0 Å². The molecule has 2 amide bonds. The maximum atomic E-state index is 12.0. The van der Waals surface area contributed by atoms with Crippen molar-refractivity contribution in [2.24, 2.45) is 0 Å². The predicted molar refractivity (Wildman–Crippen MR) is 170 cm³/mol. The fourth-order valence-corrected chi connectivity index (χ4v) is 6.21. The van der Waals surface area contributed by atoms with Crippen LogP contribution in [0.3, 0.4) is 0 Å². The third-order valence-corrected chi connectivity index (χ3v) is 8.65. The molecule has 0 radical (unpaired) electrons. The molecule has 9 heteroatoms. The fraction of sp³-hybridized carbons (Fsp3) is 0.257. The van der Waals surface area contributed by atoms with Crippen molar-refractivity contribution in [2.75, 3.05) is 12.3 Å². The van der Waals surface area contributed by atoms with E-state index in [1.807, 2.05) is 91.9 Å². The monoisotopic (exact) mass is 612 g/mol. The molecule has 0 unspecified atom stereocenters. The number of aromatic carboxylic acids is 1. The second-order valence-corrected chi connectivity index (χ2v) is 11.5. The molecule has 4 aromatic carbocycles. The summed E-state index contributed by atoms with van der Waals surface area (Å²) >= 11 is 1.46. The Hall–Kier alpha value is -4.15. The van der Waals surface area contributed by atoms with E-state index in [0.29, 0.717) is 30.2 Å². The van der Waals surface area contributed by atoms with E-state index in [2.05, 4.69) is 10.6 Å². The molecule has 1 fully saturated rings. The molecule has 228 valence electrons. The van der Waals surface area contributed by atoms with Crippen molar-refractivity contribution in [3.63, 3.8) is 0 Å². The van der Waals surface area contributed by atoms with Gasteiger partial charge in [-0.1, -0.05) is 84.9 Å². The molecule has 4 aromatic rings.